The molecule has 1 aliphatic rings. The second-order valence-electron chi connectivity index (χ2n) is 8.38. The van der Waals surface area contributed by atoms with Crippen molar-refractivity contribution in [3.05, 3.63) is 102 Å². The number of sulfonamides is 1. The lowest BCUT2D eigenvalue weighted by molar-refractivity contribution is -0.134. The average molecular weight is 482 g/mol. The van der Waals surface area contributed by atoms with E-state index in [2.05, 4.69) is 33.9 Å². The number of halogens is 1. The number of rotatable bonds is 7. The minimum absolute atomic E-state index is 0.0769. The Bertz CT molecular complexity index is 1160. The van der Waals surface area contributed by atoms with Crippen molar-refractivity contribution in [2.24, 2.45) is 0 Å². The Labute approximate surface area is 200 Å². The Balaban J connectivity index is 1.42. The number of amides is 1. The van der Waals surface area contributed by atoms with Crippen LogP contribution in [0.15, 0.2) is 89.8 Å². The number of carbonyl (C=O) groups is 1. The Hall–Kier alpha value is -3.07. The van der Waals surface area contributed by atoms with Gasteiger partial charge < -0.3 is 4.90 Å². The molecule has 1 heterocycles. The van der Waals surface area contributed by atoms with E-state index in [1.165, 1.54) is 30.2 Å². The van der Waals surface area contributed by atoms with Crippen LogP contribution in [0.4, 0.5) is 4.39 Å². The lowest BCUT2D eigenvalue weighted by Crippen LogP contribution is -2.54. The van der Waals surface area contributed by atoms with Gasteiger partial charge in [-0.2, -0.15) is 4.72 Å². The van der Waals surface area contributed by atoms with E-state index < -0.39 is 21.9 Å². The van der Waals surface area contributed by atoms with Crippen LogP contribution in [0.25, 0.3) is 0 Å². The fraction of sp³-hybridized carbons (Fsp3) is 0.269. The molecular formula is C26H28FN3O3S. The van der Waals surface area contributed by atoms with Crippen LogP contribution in [-0.4, -0.2) is 56.3 Å². The molecule has 34 heavy (non-hydrogen) atoms. The predicted molar refractivity (Wildman–Crippen MR) is 129 cm³/mol. The monoisotopic (exact) mass is 481 g/mol. The number of benzene rings is 3. The van der Waals surface area contributed by atoms with Crippen molar-refractivity contribution in [2.75, 3.05) is 26.2 Å². The van der Waals surface area contributed by atoms with Crippen LogP contribution in [-0.2, 0) is 14.8 Å². The molecule has 178 valence electrons. The highest BCUT2D eigenvalue weighted by atomic mass is 32.2. The van der Waals surface area contributed by atoms with Gasteiger partial charge in [-0.25, -0.2) is 12.8 Å². The second-order valence-corrected chi connectivity index (χ2v) is 10.1. The Morgan fingerprint density at radius 3 is 1.82 bits per heavy atom. The third kappa shape index (κ3) is 5.52. The molecule has 0 aromatic heterocycles. The zero-order chi connectivity index (χ0) is 24.1. The van der Waals surface area contributed by atoms with E-state index >= 15 is 0 Å². The van der Waals surface area contributed by atoms with Crippen LogP contribution < -0.4 is 4.72 Å². The number of hydrogen-bond acceptors (Lipinski definition) is 4. The summed E-state index contributed by atoms with van der Waals surface area (Å²) in [6.45, 7) is 3.86. The van der Waals surface area contributed by atoms with Crippen molar-refractivity contribution in [3.63, 3.8) is 0 Å². The van der Waals surface area contributed by atoms with Gasteiger partial charge in [0.25, 0.3) is 0 Å². The van der Waals surface area contributed by atoms with Crippen molar-refractivity contribution in [1.29, 1.82) is 0 Å². The SMILES string of the molecule is C[C@@H](NS(=O)(=O)c1ccc(F)cc1)C(=O)N1CCN(C(c2ccccc2)c2ccccc2)CC1. The molecule has 0 radical (unpaired) electrons. The third-order valence-corrected chi connectivity index (χ3v) is 7.60. The van der Waals surface area contributed by atoms with Crippen molar-refractivity contribution in [2.45, 2.75) is 23.9 Å². The van der Waals surface area contributed by atoms with Crippen molar-refractivity contribution < 1.29 is 17.6 Å². The van der Waals surface area contributed by atoms with Gasteiger partial charge in [0.15, 0.2) is 0 Å². The van der Waals surface area contributed by atoms with Gasteiger partial charge in [0.05, 0.1) is 17.0 Å². The summed E-state index contributed by atoms with van der Waals surface area (Å²) in [5.74, 6) is -0.799. The normalized spacial score (nSPS) is 15.9. The maximum atomic E-state index is 13.1. The molecule has 1 N–H and O–H groups in total. The molecule has 1 fully saturated rings. The van der Waals surface area contributed by atoms with Crippen LogP contribution in [0.2, 0.25) is 0 Å². The molecule has 0 bridgehead atoms. The van der Waals surface area contributed by atoms with Crippen molar-refractivity contribution in [3.8, 4) is 0 Å². The zero-order valence-corrected chi connectivity index (χ0v) is 19.8. The van der Waals surface area contributed by atoms with E-state index in [-0.39, 0.29) is 16.8 Å². The highest BCUT2D eigenvalue weighted by molar-refractivity contribution is 7.89. The van der Waals surface area contributed by atoms with E-state index in [0.717, 1.165) is 12.1 Å². The maximum Gasteiger partial charge on any atom is 0.241 e. The third-order valence-electron chi connectivity index (χ3n) is 6.05. The van der Waals surface area contributed by atoms with Crippen LogP contribution >= 0.6 is 0 Å². The number of nitrogens with one attached hydrogen (secondary N) is 1. The first-order valence-electron chi connectivity index (χ1n) is 11.3. The van der Waals surface area contributed by atoms with E-state index in [1.807, 2.05) is 36.4 Å². The van der Waals surface area contributed by atoms with Gasteiger partial charge in [-0.05, 0) is 42.3 Å². The van der Waals surface area contributed by atoms with Gasteiger partial charge in [0.2, 0.25) is 15.9 Å². The smallest absolute Gasteiger partial charge is 0.241 e. The molecule has 1 atom stereocenters. The van der Waals surface area contributed by atoms with Gasteiger partial charge in [-0.15, -0.1) is 0 Å². The average Bonchev–Trinajstić information content (AvgIpc) is 2.85. The molecule has 1 aliphatic heterocycles. The van der Waals surface area contributed by atoms with Gasteiger partial charge in [0, 0.05) is 26.2 Å². The Morgan fingerprint density at radius 1 is 0.824 bits per heavy atom. The molecule has 3 aromatic carbocycles. The lowest BCUT2D eigenvalue weighted by atomic mass is 9.96. The quantitative estimate of drug-likeness (QED) is 0.562. The minimum atomic E-state index is -3.93. The summed E-state index contributed by atoms with van der Waals surface area (Å²) in [4.78, 5) is 17.0. The Morgan fingerprint density at radius 2 is 1.32 bits per heavy atom. The molecule has 3 aromatic rings. The molecule has 4 rings (SSSR count). The second kappa shape index (κ2) is 10.5. The lowest BCUT2D eigenvalue weighted by Gasteiger charge is -2.40. The van der Waals surface area contributed by atoms with Crippen molar-refractivity contribution >= 4 is 15.9 Å². The summed E-state index contributed by atoms with van der Waals surface area (Å²) in [6.07, 6.45) is 0. The first kappa shape index (κ1) is 24.1. The molecule has 1 amide bonds. The van der Waals surface area contributed by atoms with E-state index in [0.29, 0.717) is 26.2 Å². The fourth-order valence-corrected chi connectivity index (χ4v) is 5.52. The van der Waals surface area contributed by atoms with Crippen LogP contribution in [0.1, 0.15) is 24.1 Å². The molecule has 0 saturated carbocycles. The summed E-state index contributed by atoms with van der Waals surface area (Å²) in [5.41, 5.74) is 2.38. The summed E-state index contributed by atoms with van der Waals surface area (Å²) >= 11 is 0. The number of nitrogens with zero attached hydrogens (tertiary/aromatic N) is 2. The molecular weight excluding hydrogens is 453 g/mol. The predicted octanol–water partition coefficient (Wildman–Crippen LogP) is 3.43. The summed E-state index contributed by atoms with van der Waals surface area (Å²) < 4.78 is 40.7. The summed E-state index contributed by atoms with van der Waals surface area (Å²) in [5, 5.41) is 0. The summed E-state index contributed by atoms with van der Waals surface area (Å²) in [7, 11) is -3.93. The fourth-order valence-electron chi connectivity index (χ4n) is 4.32. The van der Waals surface area contributed by atoms with Crippen LogP contribution in [0.3, 0.4) is 0 Å². The first-order chi connectivity index (χ1) is 16.3. The van der Waals surface area contributed by atoms with Gasteiger partial charge >= 0.3 is 0 Å². The number of carbonyl (C=O) groups excluding carboxylic acids is 1. The topological polar surface area (TPSA) is 69.7 Å². The van der Waals surface area contributed by atoms with Crippen LogP contribution in [0.5, 0.6) is 0 Å². The highest BCUT2D eigenvalue weighted by Crippen LogP contribution is 2.29. The maximum absolute atomic E-state index is 13.1. The van der Waals surface area contributed by atoms with E-state index in [1.54, 1.807) is 4.90 Å². The minimum Gasteiger partial charge on any atom is -0.339 e. The van der Waals surface area contributed by atoms with Gasteiger partial charge in [-0.3, -0.25) is 9.69 Å². The van der Waals surface area contributed by atoms with E-state index in [9.17, 15) is 17.6 Å². The summed E-state index contributed by atoms with van der Waals surface area (Å²) in [6, 6.07) is 24.2. The standard InChI is InChI=1S/C26H28FN3O3S/c1-20(28-34(32,33)24-14-12-23(27)13-15-24)26(31)30-18-16-29(17-19-30)25(21-8-4-2-5-9-21)22-10-6-3-7-11-22/h2-15,20,25,28H,16-19H2,1H3/t20-/m1/s1. The first-order valence-corrected chi connectivity index (χ1v) is 12.7. The molecule has 0 aliphatic carbocycles. The number of piperazine rings is 1. The van der Waals surface area contributed by atoms with Gasteiger partial charge in [0.1, 0.15) is 5.82 Å². The molecule has 6 nitrogen and oxygen atoms in total. The molecule has 1 saturated heterocycles. The highest BCUT2D eigenvalue weighted by Gasteiger charge is 2.31. The Kier molecular flexibility index (Phi) is 7.41. The number of hydrogen-bond donors (Lipinski definition) is 1. The zero-order valence-electron chi connectivity index (χ0n) is 19.0. The molecule has 0 spiro atoms. The van der Waals surface area contributed by atoms with Crippen LogP contribution in [0, 0.1) is 5.82 Å². The van der Waals surface area contributed by atoms with Crippen molar-refractivity contribution in [1.82, 2.24) is 14.5 Å². The molecule has 0 unspecified atom stereocenters. The van der Waals surface area contributed by atoms with Gasteiger partial charge in [-0.1, -0.05) is 60.7 Å². The molecule has 8 heteroatoms. The largest absolute Gasteiger partial charge is 0.339 e. The van der Waals surface area contributed by atoms with E-state index in [4.69, 9.17) is 0 Å².